The molecule has 1 heterocycles. The molecule has 2 amide bonds. The van der Waals surface area contributed by atoms with E-state index in [1.807, 2.05) is 6.92 Å². The van der Waals surface area contributed by atoms with E-state index in [0.717, 1.165) is 25.0 Å². The average Bonchev–Trinajstić information content (AvgIpc) is 2.81. The molecule has 0 radical (unpaired) electrons. The number of carbonyl (C=O) groups excluding carboxylic acids is 1. The zero-order valence-corrected chi connectivity index (χ0v) is 11.6. The molecule has 0 saturated heterocycles. The lowest BCUT2D eigenvalue weighted by Gasteiger charge is -2.05. The lowest BCUT2D eigenvalue weighted by molar-refractivity contribution is -0.137. The van der Waals surface area contributed by atoms with Crippen LogP contribution in [-0.4, -0.2) is 28.8 Å². The van der Waals surface area contributed by atoms with Crippen LogP contribution in [-0.2, 0) is 11.3 Å². The Kier molecular flexibility index (Phi) is 7.16. The number of amides is 2. The molecule has 0 spiro atoms. The Labute approximate surface area is 117 Å². The van der Waals surface area contributed by atoms with Crippen molar-refractivity contribution in [2.75, 3.05) is 6.54 Å². The highest BCUT2D eigenvalue weighted by molar-refractivity contribution is 5.73. The lowest BCUT2D eigenvalue weighted by Crippen LogP contribution is -2.35. The van der Waals surface area contributed by atoms with Gasteiger partial charge in [0.1, 0.15) is 0 Å². The van der Waals surface area contributed by atoms with E-state index in [1.165, 1.54) is 0 Å². The molecule has 1 aromatic heterocycles. The van der Waals surface area contributed by atoms with Crippen molar-refractivity contribution in [1.29, 1.82) is 0 Å². The molecule has 0 atom stereocenters. The zero-order chi connectivity index (χ0) is 14.8. The van der Waals surface area contributed by atoms with E-state index in [1.54, 1.807) is 6.07 Å². The van der Waals surface area contributed by atoms with Crippen molar-refractivity contribution < 1.29 is 19.2 Å². The van der Waals surface area contributed by atoms with Crippen LogP contribution in [0.5, 0.6) is 0 Å². The van der Waals surface area contributed by atoms with Gasteiger partial charge in [0, 0.05) is 19.0 Å². The van der Waals surface area contributed by atoms with E-state index >= 15 is 0 Å². The first kappa shape index (κ1) is 16.0. The predicted octanol–water partition coefficient (Wildman–Crippen LogP) is 1.82. The highest BCUT2D eigenvalue weighted by atomic mass is 16.5. The first-order valence-corrected chi connectivity index (χ1v) is 6.73. The van der Waals surface area contributed by atoms with Gasteiger partial charge in [-0.2, -0.15) is 0 Å². The van der Waals surface area contributed by atoms with Gasteiger partial charge in [0.05, 0.1) is 12.2 Å². The predicted molar refractivity (Wildman–Crippen MR) is 72.2 cm³/mol. The van der Waals surface area contributed by atoms with Gasteiger partial charge in [0.15, 0.2) is 5.76 Å². The molecule has 20 heavy (non-hydrogen) atoms. The molecule has 7 heteroatoms. The molecule has 0 aromatic carbocycles. The summed E-state index contributed by atoms with van der Waals surface area (Å²) >= 11 is 0. The largest absolute Gasteiger partial charge is 0.481 e. The van der Waals surface area contributed by atoms with Crippen LogP contribution in [0.4, 0.5) is 4.79 Å². The maximum Gasteiger partial charge on any atom is 0.315 e. The summed E-state index contributed by atoms with van der Waals surface area (Å²) in [4.78, 5) is 21.7. The highest BCUT2D eigenvalue weighted by Gasteiger charge is 2.03. The number of aromatic nitrogens is 1. The Hall–Kier alpha value is -2.05. The maximum absolute atomic E-state index is 11.4. The number of hydrogen-bond donors (Lipinski definition) is 3. The maximum atomic E-state index is 11.4. The minimum Gasteiger partial charge on any atom is -0.481 e. The minimum atomic E-state index is -0.759. The van der Waals surface area contributed by atoms with E-state index in [9.17, 15) is 9.59 Å². The van der Waals surface area contributed by atoms with Crippen molar-refractivity contribution in [1.82, 2.24) is 15.8 Å². The molecular formula is C13H21N3O4. The Bertz CT molecular complexity index is 431. The van der Waals surface area contributed by atoms with Gasteiger partial charge in [-0.1, -0.05) is 18.0 Å². The molecule has 1 aromatic rings. The molecule has 0 saturated carbocycles. The van der Waals surface area contributed by atoms with Crippen LogP contribution in [0.1, 0.15) is 43.6 Å². The average molecular weight is 283 g/mol. The van der Waals surface area contributed by atoms with Crippen molar-refractivity contribution >= 4 is 12.0 Å². The van der Waals surface area contributed by atoms with Crippen LogP contribution in [0.3, 0.4) is 0 Å². The Morgan fingerprint density at radius 1 is 1.25 bits per heavy atom. The molecule has 1 rings (SSSR count). The topological polar surface area (TPSA) is 104 Å². The van der Waals surface area contributed by atoms with E-state index < -0.39 is 5.97 Å². The fourth-order valence-corrected chi connectivity index (χ4v) is 1.69. The monoisotopic (exact) mass is 283 g/mol. The van der Waals surface area contributed by atoms with Crippen LogP contribution in [0, 0.1) is 6.92 Å². The number of aliphatic carboxylic acids is 1. The van der Waals surface area contributed by atoms with Crippen LogP contribution in [0.2, 0.25) is 0 Å². The standard InChI is InChI=1S/C13H21N3O4/c1-10-8-11(20-16-10)9-15-13(19)14-7-5-3-2-4-6-12(17)18/h8H,2-7,9H2,1H3,(H,17,18)(H2,14,15,19). The number of nitrogens with one attached hydrogen (secondary N) is 2. The van der Waals surface area contributed by atoms with Gasteiger partial charge in [0.25, 0.3) is 0 Å². The summed E-state index contributed by atoms with van der Waals surface area (Å²) in [6.07, 6.45) is 3.52. The lowest BCUT2D eigenvalue weighted by atomic mass is 10.1. The molecular weight excluding hydrogens is 262 g/mol. The van der Waals surface area contributed by atoms with E-state index in [2.05, 4.69) is 15.8 Å². The Morgan fingerprint density at radius 3 is 2.65 bits per heavy atom. The summed E-state index contributed by atoms with van der Waals surface area (Å²) in [5.74, 6) is -0.142. The van der Waals surface area contributed by atoms with Gasteiger partial charge < -0.3 is 20.3 Å². The quantitative estimate of drug-likeness (QED) is 0.600. The smallest absolute Gasteiger partial charge is 0.315 e. The zero-order valence-electron chi connectivity index (χ0n) is 11.6. The second-order valence-electron chi connectivity index (χ2n) is 4.60. The number of nitrogens with zero attached hydrogens (tertiary/aromatic N) is 1. The molecule has 112 valence electrons. The molecule has 0 aliphatic carbocycles. The second-order valence-corrected chi connectivity index (χ2v) is 4.60. The summed E-state index contributed by atoms with van der Waals surface area (Å²) in [6, 6.07) is 1.52. The van der Waals surface area contributed by atoms with Crippen molar-refractivity contribution in [3.8, 4) is 0 Å². The number of aryl methyl sites for hydroxylation is 1. The molecule has 3 N–H and O–H groups in total. The van der Waals surface area contributed by atoms with E-state index in [0.29, 0.717) is 25.3 Å². The van der Waals surface area contributed by atoms with Gasteiger partial charge in [-0.3, -0.25) is 4.79 Å². The fraction of sp³-hybridized carbons (Fsp3) is 0.615. The molecule has 0 fully saturated rings. The third-order valence-corrected chi connectivity index (χ3v) is 2.70. The van der Waals surface area contributed by atoms with Crippen molar-refractivity contribution in [2.45, 2.75) is 45.6 Å². The summed E-state index contributed by atoms with van der Waals surface area (Å²) < 4.78 is 4.96. The van der Waals surface area contributed by atoms with Crippen molar-refractivity contribution in [3.63, 3.8) is 0 Å². The van der Waals surface area contributed by atoms with Crippen molar-refractivity contribution in [3.05, 3.63) is 17.5 Å². The number of unbranched alkanes of at least 4 members (excludes halogenated alkanes) is 3. The second kappa shape index (κ2) is 8.95. The van der Waals surface area contributed by atoms with Crippen molar-refractivity contribution in [2.24, 2.45) is 0 Å². The molecule has 0 bridgehead atoms. The number of carboxylic acids is 1. The summed E-state index contributed by atoms with van der Waals surface area (Å²) in [5, 5.41) is 17.6. The third-order valence-electron chi connectivity index (χ3n) is 2.70. The van der Waals surface area contributed by atoms with Gasteiger partial charge in [-0.15, -0.1) is 0 Å². The number of rotatable bonds is 9. The number of carbonyl (C=O) groups is 2. The van der Waals surface area contributed by atoms with Crippen LogP contribution >= 0.6 is 0 Å². The number of urea groups is 1. The van der Waals surface area contributed by atoms with Crippen LogP contribution < -0.4 is 10.6 Å². The van der Waals surface area contributed by atoms with E-state index in [4.69, 9.17) is 9.63 Å². The highest BCUT2D eigenvalue weighted by Crippen LogP contribution is 2.02. The summed E-state index contributed by atoms with van der Waals surface area (Å²) in [7, 11) is 0. The molecule has 7 nitrogen and oxygen atoms in total. The number of carboxylic acid groups (broad SMARTS) is 1. The van der Waals surface area contributed by atoms with Gasteiger partial charge in [-0.25, -0.2) is 4.79 Å². The number of hydrogen-bond acceptors (Lipinski definition) is 4. The first-order chi connectivity index (χ1) is 9.58. The SMILES string of the molecule is Cc1cc(CNC(=O)NCCCCCCC(=O)O)on1. The third kappa shape index (κ3) is 7.40. The Morgan fingerprint density at radius 2 is 2.00 bits per heavy atom. The molecule has 0 unspecified atom stereocenters. The van der Waals surface area contributed by atoms with Gasteiger partial charge in [-0.05, 0) is 19.8 Å². The molecule has 0 aliphatic rings. The first-order valence-electron chi connectivity index (χ1n) is 6.73. The summed E-state index contributed by atoms with van der Waals surface area (Å²) in [6.45, 7) is 2.71. The minimum absolute atomic E-state index is 0.213. The van der Waals surface area contributed by atoms with E-state index in [-0.39, 0.29) is 12.5 Å². The molecule has 0 aliphatic heterocycles. The van der Waals surface area contributed by atoms with Crippen LogP contribution in [0.25, 0.3) is 0 Å². The Balaban J connectivity index is 1.96. The summed E-state index contributed by atoms with van der Waals surface area (Å²) in [5.41, 5.74) is 0.781. The fourth-order valence-electron chi connectivity index (χ4n) is 1.69. The van der Waals surface area contributed by atoms with Crippen LogP contribution in [0.15, 0.2) is 10.6 Å². The van der Waals surface area contributed by atoms with Gasteiger partial charge >= 0.3 is 12.0 Å². The van der Waals surface area contributed by atoms with Gasteiger partial charge in [0.2, 0.25) is 0 Å². The normalized spacial score (nSPS) is 10.2.